The van der Waals surface area contributed by atoms with Crippen LogP contribution in [0.4, 0.5) is 5.82 Å². The minimum absolute atomic E-state index is 0.716. The zero-order valence-corrected chi connectivity index (χ0v) is 12.6. The number of hydrogen-bond acceptors (Lipinski definition) is 4. The highest BCUT2D eigenvalue weighted by atomic mass is 16.3. The van der Waals surface area contributed by atoms with Gasteiger partial charge in [0, 0.05) is 19.3 Å². The van der Waals surface area contributed by atoms with Crippen LogP contribution in [-0.2, 0) is 5.60 Å². The maximum absolute atomic E-state index is 10.9. The van der Waals surface area contributed by atoms with Crippen molar-refractivity contribution in [1.82, 2.24) is 9.97 Å². The van der Waals surface area contributed by atoms with Crippen LogP contribution in [0.2, 0.25) is 0 Å². The summed E-state index contributed by atoms with van der Waals surface area (Å²) < 4.78 is 0. The molecule has 1 fully saturated rings. The van der Waals surface area contributed by atoms with Crippen molar-refractivity contribution >= 4 is 5.82 Å². The van der Waals surface area contributed by atoms with Crippen LogP contribution >= 0.6 is 0 Å². The lowest BCUT2D eigenvalue weighted by Gasteiger charge is -2.39. The van der Waals surface area contributed by atoms with Gasteiger partial charge in [-0.3, -0.25) is 0 Å². The summed E-state index contributed by atoms with van der Waals surface area (Å²) in [5, 5.41) is 10.9. The van der Waals surface area contributed by atoms with Crippen molar-refractivity contribution in [3.05, 3.63) is 53.5 Å². The van der Waals surface area contributed by atoms with Gasteiger partial charge in [-0.25, -0.2) is 9.97 Å². The Labute approximate surface area is 125 Å². The third-order valence-corrected chi connectivity index (χ3v) is 4.26. The monoisotopic (exact) mass is 283 g/mol. The second kappa shape index (κ2) is 5.45. The molecule has 4 heteroatoms. The molecule has 0 atom stereocenters. The van der Waals surface area contributed by atoms with Gasteiger partial charge in [-0.2, -0.15) is 0 Å². The summed E-state index contributed by atoms with van der Waals surface area (Å²) in [7, 11) is 0. The van der Waals surface area contributed by atoms with E-state index in [2.05, 4.69) is 33.9 Å². The van der Waals surface area contributed by atoms with Crippen LogP contribution in [0.15, 0.2) is 36.5 Å². The van der Waals surface area contributed by atoms with Crippen LogP contribution in [0.3, 0.4) is 0 Å². The molecular weight excluding hydrogens is 262 g/mol. The Morgan fingerprint density at radius 1 is 1.05 bits per heavy atom. The average Bonchev–Trinajstić information content (AvgIpc) is 2.48. The van der Waals surface area contributed by atoms with Crippen molar-refractivity contribution in [3.63, 3.8) is 0 Å². The topological polar surface area (TPSA) is 49.2 Å². The Balaban J connectivity index is 1.73. The molecule has 4 nitrogen and oxygen atoms in total. The van der Waals surface area contributed by atoms with Gasteiger partial charge in [-0.15, -0.1) is 0 Å². The van der Waals surface area contributed by atoms with E-state index in [9.17, 15) is 5.11 Å². The molecule has 1 aromatic carbocycles. The Hall–Kier alpha value is -1.94. The highest BCUT2D eigenvalue weighted by Crippen LogP contribution is 2.34. The number of aryl methyl sites for hydroxylation is 2. The first-order valence-corrected chi connectivity index (χ1v) is 7.41. The summed E-state index contributed by atoms with van der Waals surface area (Å²) in [6.45, 7) is 5.58. The zero-order valence-electron chi connectivity index (χ0n) is 12.6. The predicted octanol–water partition coefficient (Wildman–Crippen LogP) is 2.58. The lowest BCUT2D eigenvalue weighted by Crippen LogP contribution is -2.43. The first-order valence-electron chi connectivity index (χ1n) is 7.41. The van der Waals surface area contributed by atoms with Gasteiger partial charge >= 0.3 is 0 Å². The molecule has 1 aromatic heterocycles. The van der Waals surface area contributed by atoms with Crippen molar-refractivity contribution in [2.45, 2.75) is 32.3 Å². The molecule has 1 aliphatic rings. The molecule has 1 N–H and O–H groups in total. The van der Waals surface area contributed by atoms with Crippen LogP contribution in [0.5, 0.6) is 0 Å². The molecule has 0 saturated carbocycles. The van der Waals surface area contributed by atoms with Gasteiger partial charge in [-0.05, 0) is 38.3 Å². The lowest BCUT2D eigenvalue weighted by molar-refractivity contribution is 0.0116. The van der Waals surface area contributed by atoms with E-state index in [1.54, 1.807) is 6.20 Å². The van der Waals surface area contributed by atoms with Gasteiger partial charge in [0.25, 0.3) is 0 Å². The van der Waals surface area contributed by atoms with E-state index in [4.69, 9.17) is 0 Å². The molecule has 1 aliphatic heterocycles. The van der Waals surface area contributed by atoms with Crippen LogP contribution in [0.25, 0.3) is 0 Å². The van der Waals surface area contributed by atoms with Crippen molar-refractivity contribution in [2.24, 2.45) is 0 Å². The standard InChI is InChI=1S/C17H21N3O/c1-13-3-5-15(6-4-13)17(21)8-11-20(12-9-17)16-7-10-18-14(2)19-16/h3-7,10,21H,8-9,11-12H2,1-2H3. The first kappa shape index (κ1) is 14.0. The Morgan fingerprint density at radius 3 is 2.33 bits per heavy atom. The minimum Gasteiger partial charge on any atom is -0.385 e. The third kappa shape index (κ3) is 2.90. The fourth-order valence-corrected chi connectivity index (χ4v) is 2.88. The van der Waals surface area contributed by atoms with E-state index in [0.29, 0.717) is 0 Å². The summed E-state index contributed by atoms with van der Waals surface area (Å²) in [5.74, 6) is 1.74. The van der Waals surface area contributed by atoms with E-state index in [0.717, 1.165) is 43.1 Å². The molecule has 2 aromatic rings. The lowest BCUT2D eigenvalue weighted by atomic mass is 9.84. The molecule has 0 spiro atoms. The summed E-state index contributed by atoms with van der Waals surface area (Å²) in [5.41, 5.74) is 1.52. The number of anilines is 1. The van der Waals surface area contributed by atoms with Crippen molar-refractivity contribution in [1.29, 1.82) is 0 Å². The van der Waals surface area contributed by atoms with Gasteiger partial charge in [0.05, 0.1) is 5.60 Å². The largest absolute Gasteiger partial charge is 0.385 e. The van der Waals surface area contributed by atoms with Gasteiger partial charge in [0.15, 0.2) is 0 Å². The van der Waals surface area contributed by atoms with E-state index in [1.807, 2.05) is 25.1 Å². The van der Waals surface area contributed by atoms with Crippen LogP contribution in [0, 0.1) is 13.8 Å². The highest BCUT2D eigenvalue weighted by molar-refractivity contribution is 5.39. The Kier molecular flexibility index (Phi) is 3.64. The Bertz CT molecular complexity index is 616. The minimum atomic E-state index is -0.716. The van der Waals surface area contributed by atoms with Crippen molar-refractivity contribution in [2.75, 3.05) is 18.0 Å². The molecule has 0 bridgehead atoms. The van der Waals surface area contributed by atoms with Gasteiger partial charge in [0.2, 0.25) is 0 Å². The maximum atomic E-state index is 10.9. The molecule has 0 radical (unpaired) electrons. The number of rotatable bonds is 2. The second-order valence-corrected chi connectivity index (χ2v) is 5.85. The smallest absolute Gasteiger partial charge is 0.132 e. The molecule has 3 rings (SSSR count). The van der Waals surface area contributed by atoms with E-state index in [1.165, 1.54) is 5.56 Å². The molecule has 1 saturated heterocycles. The first-order chi connectivity index (χ1) is 10.1. The van der Waals surface area contributed by atoms with Crippen molar-refractivity contribution in [3.8, 4) is 0 Å². The number of piperidine rings is 1. The van der Waals surface area contributed by atoms with Crippen molar-refractivity contribution < 1.29 is 5.11 Å². The van der Waals surface area contributed by atoms with Gasteiger partial charge in [-0.1, -0.05) is 29.8 Å². The fraction of sp³-hybridized carbons (Fsp3) is 0.412. The highest BCUT2D eigenvalue weighted by Gasteiger charge is 2.34. The summed E-state index contributed by atoms with van der Waals surface area (Å²) in [4.78, 5) is 10.8. The normalized spacial score (nSPS) is 17.8. The molecular formula is C17H21N3O. The maximum Gasteiger partial charge on any atom is 0.132 e. The molecule has 21 heavy (non-hydrogen) atoms. The quantitative estimate of drug-likeness (QED) is 0.920. The number of aromatic nitrogens is 2. The summed E-state index contributed by atoms with van der Waals surface area (Å²) in [6, 6.07) is 10.1. The number of nitrogens with zero attached hydrogens (tertiary/aromatic N) is 3. The predicted molar refractivity (Wildman–Crippen MR) is 83.3 cm³/mol. The molecule has 2 heterocycles. The van der Waals surface area contributed by atoms with Crippen LogP contribution < -0.4 is 4.90 Å². The Morgan fingerprint density at radius 2 is 1.71 bits per heavy atom. The van der Waals surface area contributed by atoms with Gasteiger partial charge in [0.1, 0.15) is 11.6 Å². The second-order valence-electron chi connectivity index (χ2n) is 5.85. The molecule has 0 amide bonds. The van der Waals surface area contributed by atoms with E-state index in [-0.39, 0.29) is 0 Å². The molecule has 0 aliphatic carbocycles. The van der Waals surface area contributed by atoms with Crippen LogP contribution in [0.1, 0.15) is 29.8 Å². The fourth-order valence-electron chi connectivity index (χ4n) is 2.88. The SMILES string of the molecule is Cc1ccc(C2(O)CCN(c3ccnc(C)n3)CC2)cc1. The van der Waals surface area contributed by atoms with Gasteiger partial charge < -0.3 is 10.0 Å². The number of hydrogen-bond donors (Lipinski definition) is 1. The van der Waals surface area contributed by atoms with Crippen LogP contribution in [-0.4, -0.2) is 28.2 Å². The number of aliphatic hydroxyl groups is 1. The molecule has 110 valence electrons. The summed E-state index contributed by atoms with van der Waals surface area (Å²) in [6.07, 6.45) is 3.23. The third-order valence-electron chi connectivity index (χ3n) is 4.26. The zero-order chi connectivity index (χ0) is 14.9. The number of benzene rings is 1. The van der Waals surface area contributed by atoms with E-state index >= 15 is 0 Å². The molecule has 0 unspecified atom stereocenters. The summed E-state index contributed by atoms with van der Waals surface area (Å²) >= 11 is 0. The average molecular weight is 283 g/mol. The van der Waals surface area contributed by atoms with E-state index < -0.39 is 5.60 Å².